The van der Waals surface area contributed by atoms with Gasteiger partial charge in [-0.15, -0.1) is 11.3 Å². The third-order valence-electron chi connectivity index (χ3n) is 2.09. The smallest absolute Gasteiger partial charge is 0.256 e. The van der Waals surface area contributed by atoms with Crippen molar-refractivity contribution >= 4 is 34.7 Å². The molecule has 0 atom stereocenters. The van der Waals surface area contributed by atoms with E-state index in [1.165, 1.54) is 30.1 Å². The fourth-order valence-electron chi connectivity index (χ4n) is 1.32. The molecule has 9 heteroatoms. The SMILES string of the molecule is Cn1nc(C(F)(F)F)c(CSc2nccs2)c1Cl. The highest BCUT2D eigenvalue weighted by atomic mass is 35.5. The van der Waals surface area contributed by atoms with Crippen molar-refractivity contribution in [1.29, 1.82) is 0 Å². The van der Waals surface area contributed by atoms with E-state index in [-0.39, 0.29) is 16.5 Å². The van der Waals surface area contributed by atoms with E-state index in [9.17, 15) is 13.2 Å². The molecule has 0 unspecified atom stereocenters. The number of hydrogen-bond acceptors (Lipinski definition) is 4. The predicted octanol–water partition coefficient (Wildman–Crippen LogP) is 3.84. The monoisotopic (exact) mass is 313 g/mol. The number of alkyl halides is 3. The second-order valence-electron chi connectivity index (χ2n) is 3.33. The summed E-state index contributed by atoms with van der Waals surface area (Å²) >= 11 is 8.41. The molecule has 0 bridgehead atoms. The lowest BCUT2D eigenvalue weighted by Gasteiger charge is -2.05. The molecular weight excluding hydrogens is 307 g/mol. The molecule has 0 amide bonds. The minimum Gasteiger partial charge on any atom is -0.256 e. The Morgan fingerprint density at radius 3 is 2.78 bits per heavy atom. The van der Waals surface area contributed by atoms with Crippen LogP contribution >= 0.6 is 34.7 Å². The van der Waals surface area contributed by atoms with Crippen LogP contribution in [-0.4, -0.2) is 14.8 Å². The summed E-state index contributed by atoms with van der Waals surface area (Å²) in [7, 11) is 1.38. The van der Waals surface area contributed by atoms with Gasteiger partial charge in [-0.2, -0.15) is 18.3 Å². The normalized spacial score (nSPS) is 12.1. The van der Waals surface area contributed by atoms with Crippen LogP contribution in [-0.2, 0) is 19.0 Å². The van der Waals surface area contributed by atoms with Crippen LogP contribution in [0.15, 0.2) is 15.9 Å². The molecular formula is C9H7ClF3N3S2. The number of thiazole rings is 1. The van der Waals surface area contributed by atoms with Gasteiger partial charge in [0.05, 0.1) is 0 Å². The molecule has 0 saturated carbocycles. The van der Waals surface area contributed by atoms with Crippen molar-refractivity contribution in [3.63, 3.8) is 0 Å². The van der Waals surface area contributed by atoms with Crippen LogP contribution in [0.5, 0.6) is 0 Å². The molecule has 0 aromatic carbocycles. The molecule has 2 aromatic heterocycles. The quantitative estimate of drug-likeness (QED) is 0.807. The van der Waals surface area contributed by atoms with E-state index < -0.39 is 11.9 Å². The predicted molar refractivity (Wildman–Crippen MR) is 64.9 cm³/mol. The fourth-order valence-corrected chi connectivity index (χ4v) is 3.24. The first kappa shape index (κ1) is 13.7. The molecule has 2 rings (SSSR count). The Morgan fingerprint density at radius 1 is 1.50 bits per heavy atom. The van der Waals surface area contributed by atoms with Crippen molar-refractivity contribution in [2.75, 3.05) is 0 Å². The van der Waals surface area contributed by atoms with Crippen LogP contribution in [0.4, 0.5) is 13.2 Å². The van der Waals surface area contributed by atoms with Gasteiger partial charge in [0.2, 0.25) is 0 Å². The average molecular weight is 314 g/mol. The third kappa shape index (κ3) is 2.81. The topological polar surface area (TPSA) is 30.7 Å². The number of aryl methyl sites for hydroxylation is 1. The standard InChI is InChI=1S/C9H7ClF3N3S2/c1-16-7(10)5(6(15-16)9(11,12)13)4-18-8-14-2-3-17-8/h2-3H,4H2,1H3. The number of thioether (sulfide) groups is 1. The van der Waals surface area contributed by atoms with Gasteiger partial charge in [0, 0.05) is 29.9 Å². The Kier molecular flexibility index (Phi) is 3.88. The Balaban J connectivity index is 2.26. The molecule has 0 aliphatic carbocycles. The van der Waals surface area contributed by atoms with Gasteiger partial charge >= 0.3 is 6.18 Å². The van der Waals surface area contributed by atoms with E-state index >= 15 is 0 Å². The molecule has 18 heavy (non-hydrogen) atoms. The van der Waals surface area contributed by atoms with Crippen molar-refractivity contribution < 1.29 is 13.2 Å². The summed E-state index contributed by atoms with van der Waals surface area (Å²) in [4.78, 5) is 3.99. The Bertz CT molecular complexity index is 536. The highest BCUT2D eigenvalue weighted by molar-refractivity contribution is 8.00. The zero-order valence-corrected chi connectivity index (χ0v) is 11.4. The van der Waals surface area contributed by atoms with Crippen LogP contribution in [0, 0.1) is 0 Å². The van der Waals surface area contributed by atoms with E-state index in [1.54, 1.807) is 11.6 Å². The highest BCUT2D eigenvalue weighted by Crippen LogP contribution is 2.37. The minimum absolute atomic E-state index is 0.00591. The molecule has 0 aliphatic heterocycles. The van der Waals surface area contributed by atoms with Crippen molar-refractivity contribution in [2.45, 2.75) is 16.3 Å². The maximum atomic E-state index is 12.8. The first-order valence-electron chi connectivity index (χ1n) is 4.70. The van der Waals surface area contributed by atoms with Gasteiger partial charge in [0.1, 0.15) is 9.49 Å². The zero-order valence-electron chi connectivity index (χ0n) is 9.03. The highest BCUT2D eigenvalue weighted by Gasteiger charge is 2.38. The second-order valence-corrected chi connectivity index (χ2v) is 5.80. The van der Waals surface area contributed by atoms with Crippen molar-refractivity contribution in [3.8, 4) is 0 Å². The lowest BCUT2D eigenvalue weighted by molar-refractivity contribution is -0.141. The number of hydrogen-bond donors (Lipinski definition) is 0. The summed E-state index contributed by atoms with van der Waals surface area (Å²) < 4.78 is 40.0. The van der Waals surface area contributed by atoms with Crippen molar-refractivity contribution in [2.24, 2.45) is 7.05 Å². The molecule has 0 saturated heterocycles. The van der Waals surface area contributed by atoms with Crippen molar-refractivity contribution in [3.05, 3.63) is 28.0 Å². The summed E-state index contributed by atoms with van der Waals surface area (Å²) in [6.07, 6.45) is -2.90. The van der Waals surface area contributed by atoms with Gasteiger partial charge < -0.3 is 0 Å². The minimum atomic E-state index is -4.50. The summed E-state index contributed by atoms with van der Waals surface area (Å²) in [5.41, 5.74) is -0.939. The molecule has 2 heterocycles. The van der Waals surface area contributed by atoms with E-state index in [2.05, 4.69) is 10.1 Å². The number of rotatable bonds is 3. The van der Waals surface area contributed by atoms with E-state index in [0.29, 0.717) is 4.34 Å². The number of nitrogens with zero attached hydrogens (tertiary/aromatic N) is 3. The Morgan fingerprint density at radius 2 is 2.22 bits per heavy atom. The average Bonchev–Trinajstić information content (AvgIpc) is 2.86. The van der Waals surface area contributed by atoms with Crippen LogP contribution in [0.25, 0.3) is 0 Å². The van der Waals surface area contributed by atoms with Crippen LogP contribution < -0.4 is 0 Å². The van der Waals surface area contributed by atoms with Gasteiger partial charge in [0.25, 0.3) is 0 Å². The van der Waals surface area contributed by atoms with E-state index in [4.69, 9.17) is 11.6 Å². The molecule has 0 spiro atoms. The number of halogens is 4. The first-order chi connectivity index (χ1) is 8.39. The van der Waals surface area contributed by atoms with Gasteiger partial charge in [-0.1, -0.05) is 23.4 Å². The first-order valence-corrected chi connectivity index (χ1v) is 6.94. The lowest BCUT2D eigenvalue weighted by atomic mass is 10.3. The van der Waals surface area contributed by atoms with Gasteiger partial charge in [0.15, 0.2) is 5.69 Å². The molecule has 0 radical (unpaired) electrons. The summed E-state index contributed by atoms with van der Waals surface area (Å²) in [6, 6.07) is 0. The second kappa shape index (κ2) is 5.10. The molecule has 0 aliphatic rings. The molecule has 98 valence electrons. The molecule has 0 N–H and O–H groups in total. The summed E-state index contributed by atoms with van der Waals surface area (Å²) in [5, 5.41) is 5.18. The molecule has 3 nitrogen and oxygen atoms in total. The van der Waals surface area contributed by atoms with Gasteiger partial charge in [-0.05, 0) is 0 Å². The van der Waals surface area contributed by atoms with Crippen LogP contribution in [0.2, 0.25) is 5.15 Å². The largest absolute Gasteiger partial charge is 0.435 e. The van der Waals surface area contributed by atoms with Crippen LogP contribution in [0.3, 0.4) is 0 Å². The summed E-state index contributed by atoms with van der Waals surface area (Å²) in [6.45, 7) is 0. The van der Waals surface area contributed by atoms with Crippen LogP contribution in [0.1, 0.15) is 11.3 Å². The number of aromatic nitrogens is 3. The molecule has 0 fully saturated rings. The zero-order chi connectivity index (χ0) is 13.3. The lowest BCUT2D eigenvalue weighted by Crippen LogP contribution is -2.09. The maximum Gasteiger partial charge on any atom is 0.435 e. The fraction of sp³-hybridized carbons (Fsp3) is 0.333. The van der Waals surface area contributed by atoms with Gasteiger partial charge in [-0.25, -0.2) is 4.98 Å². The Hall–Kier alpha value is -0.730. The molecule has 2 aromatic rings. The van der Waals surface area contributed by atoms with Crippen molar-refractivity contribution in [1.82, 2.24) is 14.8 Å². The Labute approximate surface area is 114 Å². The third-order valence-corrected chi connectivity index (χ3v) is 4.55. The summed E-state index contributed by atoms with van der Waals surface area (Å²) in [5.74, 6) is 0.0923. The maximum absolute atomic E-state index is 12.8. The van der Waals surface area contributed by atoms with E-state index in [1.807, 2.05) is 0 Å². The van der Waals surface area contributed by atoms with Gasteiger partial charge in [-0.3, -0.25) is 4.68 Å². The van der Waals surface area contributed by atoms with E-state index in [0.717, 1.165) is 4.68 Å².